The van der Waals surface area contributed by atoms with Gasteiger partial charge in [-0.15, -0.1) is 0 Å². The van der Waals surface area contributed by atoms with Crippen molar-refractivity contribution >= 4 is 45.4 Å². The van der Waals surface area contributed by atoms with Gasteiger partial charge < -0.3 is 34.4 Å². The van der Waals surface area contributed by atoms with Crippen molar-refractivity contribution < 1.29 is 14.3 Å². The Morgan fingerprint density at radius 1 is 0.962 bits per heavy atom. The van der Waals surface area contributed by atoms with Crippen LogP contribution in [0.25, 0.3) is 33.2 Å². The summed E-state index contributed by atoms with van der Waals surface area (Å²) in [7, 11) is 2.19. The van der Waals surface area contributed by atoms with Crippen molar-refractivity contribution in [2.75, 3.05) is 81.1 Å². The smallest absolute Gasteiger partial charge is 0.307 e. The van der Waals surface area contributed by atoms with E-state index in [1.54, 1.807) is 6.33 Å². The molecule has 0 bridgehead atoms. The Labute approximate surface area is 312 Å². The number of fused-ring (bicyclic) bond motifs is 4. The third-order valence-corrected chi connectivity index (χ3v) is 11.7. The fraction of sp³-hybridized carbons (Fsp3) is 0.476. The second kappa shape index (κ2) is 14.6. The number of furan rings is 1. The van der Waals surface area contributed by atoms with E-state index < -0.39 is 5.97 Å². The largest absolute Gasteiger partial charge is 0.481 e. The lowest BCUT2D eigenvalue weighted by Crippen LogP contribution is -2.44. The fourth-order valence-corrected chi connectivity index (χ4v) is 8.38. The molecule has 3 aromatic heterocycles. The molecule has 0 radical (unpaired) electrons. The first-order valence-corrected chi connectivity index (χ1v) is 19.3. The highest BCUT2D eigenvalue weighted by Gasteiger charge is 2.32. The number of para-hydroxylation sites is 1. The number of hydrogen-bond acceptors (Lipinski definition) is 10. The van der Waals surface area contributed by atoms with Gasteiger partial charge in [0.1, 0.15) is 23.2 Å². The van der Waals surface area contributed by atoms with Crippen LogP contribution in [0, 0.1) is 12.3 Å². The van der Waals surface area contributed by atoms with Crippen LogP contribution in [0.2, 0.25) is 0 Å². The zero-order valence-corrected chi connectivity index (χ0v) is 31.6. The molecule has 2 fully saturated rings. The molecule has 278 valence electrons. The van der Waals surface area contributed by atoms with Crippen molar-refractivity contribution in [3.63, 3.8) is 0 Å². The topological polar surface area (TPSA) is 114 Å². The molecule has 0 saturated carbocycles. The number of nitrogens with zero attached hydrogens (tertiary/aromatic N) is 7. The average Bonchev–Trinajstić information content (AvgIpc) is 3.54. The summed E-state index contributed by atoms with van der Waals surface area (Å²) in [6.07, 6.45) is 5.54. The molecule has 0 atom stereocenters. The Morgan fingerprint density at radius 2 is 1.75 bits per heavy atom. The lowest BCUT2D eigenvalue weighted by Gasteiger charge is -2.40. The number of hydrogen-bond donors (Lipinski definition) is 2. The molecule has 8 rings (SSSR count). The monoisotopic (exact) mass is 716 g/mol. The zero-order valence-electron chi connectivity index (χ0n) is 31.6. The van der Waals surface area contributed by atoms with Gasteiger partial charge in [-0.25, -0.2) is 15.0 Å². The standard InChI is InChI=1S/C42H52N8O3/c1-28-33(25-35(51)52)38(49-18-13-42(2,3)14-19-49)36(40(46-28)43-15-7-16-48-22-20-47(4)21-23-48)30-10-11-31-26-50(17-12-29(31)24-30)41-39-37(44-27-45-41)32-8-5-6-9-34(32)53-39/h5-6,8-11,24,27H,7,12-23,25-26H2,1-4H3,(H,43,46)(H,51,52). The predicted octanol–water partition coefficient (Wildman–Crippen LogP) is 6.61. The average molecular weight is 717 g/mol. The molecule has 0 aliphatic carbocycles. The summed E-state index contributed by atoms with van der Waals surface area (Å²) < 4.78 is 6.29. The van der Waals surface area contributed by atoms with Crippen LogP contribution in [-0.4, -0.2) is 102 Å². The van der Waals surface area contributed by atoms with Gasteiger partial charge in [-0.3, -0.25) is 4.79 Å². The molecule has 2 N–H and O–H groups in total. The first-order valence-electron chi connectivity index (χ1n) is 19.3. The summed E-state index contributed by atoms with van der Waals surface area (Å²) in [5.41, 5.74) is 9.92. The highest BCUT2D eigenvalue weighted by Crippen LogP contribution is 2.44. The summed E-state index contributed by atoms with van der Waals surface area (Å²) in [5.74, 6) is 0.835. The molecular weight excluding hydrogens is 665 g/mol. The second-order valence-electron chi connectivity index (χ2n) is 16.0. The lowest BCUT2D eigenvalue weighted by molar-refractivity contribution is -0.136. The fourth-order valence-electron chi connectivity index (χ4n) is 8.38. The van der Waals surface area contributed by atoms with Crippen molar-refractivity contribution in [1.29, 1.82) is 0 Å². The van der Waals surface area contributed by atoms with E-state index >= 15 is 0 Å². The maximum absolute atomic E-state index is 12.4. The highest BCUT2D eigenvalue weighted by atomic mass is 16.4. The van der Waals surface area contributed by atoms with E-state index in [1.165, 1.54) is 11.1 Å². The number of carboxylic acid groups (broad SMARTS) is 1. The van der Waals surface area contributed by atoms with Gasteiger partial charge in [0.15, 0.2) is 11.4 Å². The molecule has 2 saturated heterocycles. The number of rotatable bonds is 10. The van der Waals surface area contributed by atoms with Gasteiger partial charge in [-0.1, -0.05) is 44.2 Å². The summed E-state index contributed by atoms with van der Waals surface area (Å²) in [4.78, 5) is 36.4. The van der Waals surface area contributed by atoms with Gasteiger partial charge in [0, 0.05) is 81.1 Å². The van der Waals surface area contributed by atoms with Gasteiger partial charge in [0.25, 0.3) is 0 Å². The molecular formula is C42H52N8O3. The quantitative estimate of drug-likeness (QED) is 0.152. The van der Waals surface area contributed by atoms with Crippen LogP contribution in [0.15, 0.2) is 53.2 Å². The van der Waals surface area contributed by atoms with E-state index in [1.807, 2.05) is 31.2 Å². The van der Waals surface area contributed by atoms with E-state index in [0.29, 0.717) is 6.54 Å². The number of anilines is 3. The Hall–Kier alpha value is -4.74. The third kappa shape index (κ3) is 7.29. The van der Waals surface area contributed by atoms with Crippen LogP contribution in [0.4, 0.5) is 17.3 Å². The number of piperazine rings is 1. The predicted molar refractivity (Wildman–Crippen MR) is 212 cm³/mol. The number of nitrogens with one attached hydrogen (secondary N) is 1. The molecule has 2 aromatic carbocycles. The Morgan fingerprint density at radius 3 is 2.55 bits per heavy atom. The van der Waals surface area contributed by atoms with Crippen LogP contribution in [0.5, 0.6) is 0 Å². The number of aryl methyl sites for hydroxylation is 1. The number of pyridine rings is 1. The minimum Gasteiger partial charge on any atom is -0.481 e. The molecule has 6 heterocycles. The number of carbonyl (C=O) groups is 1. The minimum absolute atomic E-state index is 0.0557. The van der Waals surface area contributed by atoms with Gasteiger partial charge >= 0.3 is 5.97 Å². The normalized spacial score (nSPS) is 18.1. The number of piperidine rings is 1. The van der Waals surface area contributed by atoms with Crippen molar-refractivity contribution in [2.24, 2.45) is 5.41 Å². The summed E-state index contributed by atoms with van der Waals surface area (Å²) in [5, 5.41) is 14.9. The maximum atomic E-state index is 12.4. The molecule has 11 nitrogen and oxygen atoms in total. The van der Waals surface area contributed by atoms with Crippen molar-refractivity contribution in [3.8, 4) is 11.1 Å². The molecule has 0 amide bonds. The number of carboxylic acids is 1. The van der Waals surface area contributed by atoms with E-state index in [-0.39, 0.29) is 11.8 Å². The maximum Gasteiger partial charge on any atom is 0.307 e. The molecule has 53 heavy (non-hydrogen) atoms. The van der Waals surface area contributed by atoms with E-state index in [0.717, 1.165) is 146 Å². The van der Waals surface area contributed by atoms with Crippen molar-refractivity contribution in [3.05, 3.63) is 71.2 Å². The zero-order chi connectivity index (χ0) is 36.7. The van der Waals surface area contributed by atoms with Crippen LogP contribution >= 0.6 is 0 Å². The SMILES string of the molecule is Cc1nc(NCCCN2CCN(C)CC2)c(-c2ccc3c(c2)CCN(c2ncnc4c2oc2ccccc24)C3)c(N2CCC(C)(C)CC2)c1CC(=O)O. The van der Waals surface area contributed by atoms with Gasteiger partial charge in [-0.2, -0.15) is 0 Å². The molecule has 3 aliphatic heterocycles. The summed E-state index contributed by atoms with van der Waals surface area (Å²) >= 11 is 0. The Kier molecular flexibility index (Phi) is 9.72. The molecule has 0 unspecified atom stereocenters. The molecule has 0 spiro atoms. The highest BCUT2D eigenvalue weighted by molar-refractivity contribution is 6.05. The first-order chi connectivity index (χ1) is 25.6. The number of benzene rings is 2. The first kappa shape index (κ1) is 35.3. The minimum atomic E-state index is -0.832. The van der Waals surface area contributed by atoms with Crippen LogP contribution in [-0.2, 0) is 24.2 Å². The van der Waals surface area contributed by atoms with Crippen molar-refractivity contribution in [1.82, 2.24) is 24.8 Å². The molecule has 5 aromatic rings. The van der Waals surface area contributed by atoms with E-state index in [2.05, 4.69) is 69.0 Å². The lowest BCUT2D eigenvalue weighted by atomic mass is 9.82. The molecule has 11 heteroatoms. The number of aliphatic carboxylic acids is 1. The van der Waals surface area contributed by atoms with Gasteiger partial charge in [0.2, 0.25) is 0 Å². The van der Waals surface area contributed by atoms with Gasteiger partial charge in [-0.05, 0) is 80.4 Å². The van der Waals surface area contributed by atoms with E-state index in [9.17, 15) is 9.90 Å². The Balaban J connectivity index is 1.14. The van der Waals surface area contributed by atoms with Crippen LogP contribution < -0.4 is 15.1 Å². The number of aromatic nitrogens is 3. The van der Waals surface area contributed by atoms with Crippen LogP contribution in [0.3, 0.4) is 0 Å². The van der Waals surface area contributed by atoms with E-state index in [4.69, 9.17) is 14.4 Å². The van der Waals surface area contributed by atoms with Crippen LogP contribution in [0.1, 0.15) is 55.5 Å². The Bertz CT molecular complexity index is 2130. The molecule has 3 aliphatic rings. The number of likely N-dealkylation sites (N-methyl/N-ethyl adjacent to an activating group) is 1. The summed E-state index contributed by atoms with van der Waals surface area (Å²) in [6, 6.07) is 14.8. The second-order valence-corrected chi connectivity index (χ2v) is 16.0. The third-order valence-electron chi connectivity index (χ3n) is 11.7. The van der Waals surface area contributed by atoms with Gasteiger partial charge in [0.05, 0.1) is 12.1 Å². The summed E-state index contributed by atoms with van der Waals surface area (Å²) in [6.45, 7) is 16.2. The van der Waals surface area contributed by atoms with Crippen molar-refractivity contribution in [2.45, 2.75) is 59.4 Å².